The van der Waals surface area contributed by atoms with E-state index in [1.165, 1.54) is 64.6 Å². The SMILES string of the molecule is CCCCCCCCCCCCOc1ccccc1P(=O)(CCCC=C=O)OC. The van der Waals surface area contributed by atoms with Crippen LogP contribution in [0.1, 0.15) is 84.0 Å². The second-order valence-electron chi connectivity index (χ2n) is 7.54. The van der Waals surface area contributed by atoms with Gasteiger partial charge in [-0.05, 0) is 37.5 Å². The highest BCUT2D eigenvalue weighted by Crippen LogP contribution is 2.48. The molecule has 0 fully saturated rings. The zero-order valence-electron chi connectivity index (χ0n) is 18.4. The highest BCUT2D eigenvalue weighted by atomic mass is 31.2. The van der Waals surface area contributed by atoms with Gasteiger partial charge >= 0.3 is 0 Å². The summed E-state index contributed by atoms with van der Waals surface area (Å²) in [5, 5.41) is 0.643. The van der Waals surface area contributed by atoms with Crippen LogP contribution in [0.3, 0.4) is 0 Å². The van der Waals surface area contributed by atoms with E-state index in [1.54, 1.807) is 5.94 Å². The third kappa shape index (κ3) is 10.8. The minimum absolute atomic E-state index is 0.389. The molecule has 0 aromatic heterocycles. The molecule has 0 aliphatic carbocycles. The van der Waals surface area contributed by atoms with Crippen molar-refractivity contribution >= 4 is 18.6 Å². The largest absolute Gasteiger partial charge is 0.493 e. The number of allylic oxidation sites excluding steroid dienone is 1. The minimum Gasteiger partial charge on any atom is -0.493 e. The first-order chi connectivity index (χ1) is 14.2. The van der Waals surface area contributed by atoms with E-state index in [-0.39, 0.29) is 0 Å². The lowest BCUT2D eigenvalue weighted by Gasteiger charge is -2.19. The van der Waals surface area contributed by atoms with Gasteiger partial charge in [-0.2, -0.15) is 0 Å². The summed E-state index contributed by atoms with van der Waals surface area (Å²) < 4.78 is 24.6. The maximum absolute atomic E-state index is 13.3. The Morgan fingerprint density at radius 3 is 2.17 bits per heavy atom. The average Bonchev–Trinajstić information content (AvgIpc) is 2.75. The molecule has 0 aliphatic heterocycles. The summed E-state index contributed by atoms with van der Waals surface area (Å²) in [5.41, 5.74) is 0. The van der Waals surface area contributed by atoms with Crippen LogP contribution in [0.15, 0.2) is 30.3 Å². The number of unbranched alkanes of at least 4 members (excludes halogenated alkanes) is 10. The molecular weight excluding hydrogens is 383 g/mol. The topological polar surface area (TPSA) is 52.6 Å². The van der Waals surface area contributed by atoms with Gasteiger partial charge in [0.2, 0.25) is 7.37 Å². The standard InChI is InChI=1S/C24H39O4P/c1-3-4-5-6-7-8-9-10-11-16-21-28-23-18-13-14-19-24(23)29(26,27-2)22-17-12-15-20-25/h13-15,18-19H,3-12,16-17,21-22H2,1-2H3. The Morgan fingerprint density at radius 1 is 0.931 bits per heavy atom. The summed E-state index contributed by atoms with van der Waals surface area (Å²) in [7, 11) is -1.51. The molecule has 1 aromatic carbocycles. The molecule has 1 unspecified atom stereocenters. The van der Waals surface area contributed by atoms with E-state index >= 15 is 0 Å². The zero-order valence-corrected chi connectivity index (χ0v) is 19.3. The van der Waals surface area contributed by atoms with Gasteiger partial charge in [0.15, 0.2) is 0 Å². The molecule has 0 amide bonds. The number of benzene rings is 1. The van der Waals surface area contributed by atoms with Crippen LogP contribution < -0.4 is 10.0 Å². The van der Waals surface area contributed by atoms with Gasteiger partial charge in [-0.3, -0.25) is 4.57 Å². The number of ether oxygens (including phenoxy) is 1. The zero-order chi connectivity index (χ0) is 21.2. The van der Waals surface area contributed by atoms with Crippen molar-refractivity contribution in [2.24, 2.45) is 0 Å². The Hall–Kier alpha value is -1.34. The molecule has 1 rings (SSSR count). The van der Waals surface area contributed by atoms with Crippen molar-refractivity contribution in [3.63, 3.8) is 0 Å². The van der Waals surface area contributed by atoms with E-state index in [2.05, 4.69) is 6.92 Å². The molecule has 29 heavy (non-hydrogen) atoms. The van der Waals surface area contributed by atoms with Crippen molar-refractivity contribution in [1.82, 2.24) is 0 Å². The number of carbonyl (C=O) groups excluding carboxylic acids is 1. The molecule has 0 radical (unpaired) electrons. The maximum Gasteiger partial charge on any atom is 0.235 e. The van der Waals surface area contributed by atoms with Crippen LogP contribution in [0.4, 0.5) is 0 Å². The van der Waals surface area contributed by atoms with E-state index in [0.717, 1.165) is 12.8 Å². The van der Waals surface area contributed by atoms with Crippen LogP contribution in [0, 0.1) is 0 Å². The molecule has 0 spiro atoms. The van der Waals surface area contributed by atoms with Gasteiger partial charge in [-0.25, -0.2) is 4.79 Å². The lowest BCUT2D eigenvalue weighted by atomic mass is 10.1. The van der Waals surface area contributed by atoms with E-state index in [1.807, 2.05) is 24.3 Å². The second kappa shape index (κ2) is 16.5. The molecule has 0 bridgehead atoms. The van der Waals surface area contributed by atoms with Crippen molar-refractivity contribution in [3.05, 3.63) is 30.3 Å². The van der Waals surface area contributed by atoms with E-state index in [4.69, 9.17) is 9.26 Å². The van der Waals surface area contributed by atoms with Gasteiger partial charge in [-0.1, -0.05) is 76.8 Å². The highest BCUT2D eigenvalue weighted by Gasteiger charge is 2.27. The Kier molecular flexibility index (Phi) is 14.6. The van der Waals surface area contributed by atoms with E-state index < -0.39 is 7.37 Å². The smallest absolute Gasteiger partial charge is 0.235 e. The first-order valence-electron chi connectivity index (χ1n) is 11.2. The van der Waals surface area contributed by atoms with Gasteiger partial charge in [0, 0.05) is 13.3 Å². The van der Waals surface area contributed by atoms with Gasteiger partial charge in [0.05, 0.1) is 11.9 Å². The molecule has 5 heteroatoms. The summed E-state index contributed by atoms with van der Waals surface area (Å²) >= 11 is 0. The first-order valence-corrected chi connectivity index (χ1v) is 13.1. The molecule has 0 saturated carbocycles. The van der Waals surface area contributed by atoms with Gasteiger partial charge in [0.25, 0.3) is 0 Å². The predicted octanol–water partition coefficient (Wildman–Crippen LogP) is 6.70. The van der Waals surface area contributed by atoms with Crippen LogP contribution in [-0.2, 0) is 13.9 Å². The van der Waals surface area contributed by atoms with Gasteiger partial charge in [0.1, 0.15) is 11.7 Å². The molecule has 0 saturated heterocycles. The van der Waals surface area contributed by atoms with Crippen LogP contribution >= 0.6 is 7.37 Å². The molecule has 0 heterocycles. The average molecular weight is 423 g/mol. The number of para-hydroxylation sites is 1. The maximum atomic E-state index is 13.3. The molecule has 1 aromatic rings. The van der Waals surface area contributed by atoms with Gasteiger partial charge < -0.3 is 9.26 Å². The summed E-state index contributed by atoms with van der Waals surface area (Å²) in [5.74, 6) is 2.41. The molecule has 4 nitrogen and oxygen atoms in total. The molecule has 1 atom stereocenters. The molecule has 0 aliphatic rings. The third-order valence-corrected chi connectivity index (χ3v) is 7.77. The molecular formula is C24H39O4P. The summed E-state index contributed by atoms with van der Waals surface area (Å²) in [4.78, 5) is 10.3. The van der Waals surface area contributed by atoms with Crippen molar-refractivity contribution in [2.45, 2.75) is 84.0 Å². The quantitative estimate of drug-likeness (QED) is 0.150. The van der Waals surface area contributed by atoms with E-state index in [0.29, 0.717) is 36.7 Å². The Balaban J connectivity index is 2.36. The van der Waals surface area contributed by atoms with Crippen LogP contribution in [0.2, 0.25) is 0 Å². The van der Waals surface area contributed by atoms with Crippen molar-refractivity contribution < 1.29 is 18.6 Å². The fraction of sp³-hybridized carbons (Fsp3) is 0.667. The first kappa shape index (κ1) is 25.7. The number of hydrogen-bond acceptors (Lipinski definition) is 4. The normalized spacial score (nSPS) is 12.9. The summed E-state index contributed by atoms with van der Waals surface area (Å²) in [6.07, 6.45) is 15.8. The Bertz CT molecular complexity index is 638. The van der Waals surface area contributed by atoms with Crippen molar-refractivity contribution in [1.29, 1.82) is 0 Å². The lowest BCUT2D eigenvalue weighted by Crippen LogP contribution is -2.14. The minimum atomic E-state index is -2.99. The van der Waals surface area contributed by atoms with Crippen LogP contribution in [0.25, 0.3) is 0 Å². The van der Waals surface area contributed by atoms with Crippen molar-refractivity contribution in [3.8, 4) is 5.75 Å². The fourth-order valence-corrected chi connectivity index (χ4v) is 5.41. The van der Waals surface area contributed by atoms with Crippen LogP contribution in [0.5, 0.6) is 5.75 Å². The lowest BCUT2D eigenvalue weighted by molar-refractivity contribution is 0.305. The summed E-state index contributed by atoms with van der Waals surface area (Å²) in [6, 6.07) is 7.45. The van der Waals surface area contributed by atoms with E-state index in [9.17, 15) is 9.36 Å². The Morgan fingerprint density at radius 2 is 1.55 bits per heavy atom. The number of hydrogen-bond donors (Lipinski definition) is 0. The monoisotopic (exact) mass is 422 g/mol. The highest BCUT2D eigenvalue weighted by molar-refractivity contribution is 7.67. The van der Waals surface area contributed by atoms with Crippen LogP contribution in [-0.4, -0.2) is 25.8 Å². The third-order valence-electron chi connectivity index (χ3n) is 5.17. The Labute approximate surface area is 177 Å². The second-order valence-corrected chi connectivity index (χ2v) is 10.2. The van der Waals surface area contributed by atoms with Gasteiger partial charge in [-0.15, -0.1) is 0 Å². The fourth-order valence-electron chi connectivity index (χ4n) is 3.40. The number of rotatable bonds is 18. The molecule has 0 N–H and O–H groups in total. The molecule has 164 valence electrons. The predicted molar refractivity (Wildman–Crippen MR) is 122 cm³/mol. The van der Waals surface area contributed by atoms with Crippen molar-refractivity contribution in [2.75, 3.05) is 19.9 Å². The summed E-state index contributed by atoms with van der Waals surface area (Å²) in [6.45, 7) is 2.88.